The first kappa shape index (κ1) is 19.3. The van der Waals surface area contributed by atoms with E-state index in [4.69, 9.17) is 23.2 Å². The largest absolute Gasteiger partial charge is 0.480 e. The fourth-order valence-corrected chi connectivity index (χ4v) is 3.01. The Labute approximate surface area is 155 Å². The van der Waals surface area contributed by atoms with Crippen LogP contribution in [-0.2, 0) is 14.4 Å². The van der Waals surface area contributed by atoms with E-state index in [0.717, 1.165) is 0 Å². The van der Waals surface area contributed by atoms with Gasteiger partial charge < -0.3 is 15.3 Å². The molecule has 0 radical (unpaired) electrons. The lowest BCUT2D eigenvalue weighted by Crippen LogP contribution is -2.45. The minimum absolute atomic E-state index is 0.155. The zero-order chi connectivity index (χ0) is 18.6. The summed E-state index contributed by atoms with van der Waals surface area (Å²) in [6, 6.07) is 3.68. The molecule has 2 amide bonds. The molecule has 1 aliphatic rings. The molecular weight excluding hydrogens is 367 g/mol. The van der Waals surface area contributed by atoms with Gasteiger partial charge in [0.05, 0.1) is 10.7 Å². The van der Waals surface area contributed by atoms with Gasteiger partial charge in [-0.2, -0.15) is 0 Å². The van der Waals surface area contributed by atoms with Crippen LogP contribution in [0.5, 0.6) is 0 Å². The van der Waals surface area contributed by atoms with Crippen molar-refractivity contribution < 1.29 is 19.5 Å². The SMILES string of the molecule is C/C=C/CC(NC(=O)C1CCN(c2cc(Cl)ccc2Cl)C1=O)C(=O)O. The van der Waals surface area contributed by atoms with Crippen LogP contribution in [0, 0.1) is 5.92 Å². The van der Waals surface area contributed by atoms with E-state index < -0.39 is 29.7 Å². The van der Waals surface area contributed by atoms with Gasteiger partial charge in [-0.15, -0.1) is 0 Å². The number of hydrogen-bond acceptors (Lipinski definition) is 3. The molecule has 0 spiro atoms. The third-order valence-electron chi connectivity index (χ3n) is 3.94. The Morgan fingerprint density at radius 2 is 2.16 bits per heavy atom. The van der Waals surface area contributed by atoms with E-state index in [1.807, 2.05) is 0 Å². The summed E-state index contributed by atoms with van der Waals surface area (Å²) in [6.07, 6.45) is 3.78. The van der Waals surface area contributed by atoms with Crippen molar-refractivity contribution in [1.29, 1.82) is 0 Å². The Balaban J connectivity index is 2.11. The average Bonchev–Trinajstić information content (AvgIpc) is 2.94. The number of halogens is 2. The molecule has 6 nitrogen and oxygen atoms in total. The fourth-order valence-electron chi connectivity index (χ4n) is 2.62. The normalized spacial score (nSPS) is 18.6. The van der Waals surface area contributed by atoms with Crippen molar-refractivity contribution in [2.75, 3.05) is 11.4 Å². The number of anilines is 1. The van der Waals surface area contributed by atoms with Gasteiger partial charge in [0.1, 0.15) is 12.0 Å². The summed E-state index contributed by atoms with van der Waals surface area (Å²) in [6.45, 7) is 2.07. The Hall–Kier alpha value is -2.05. The molecule has 1 saturated heterocycles. The minimum Gasteiger partial charge on any atom is -0.480 e. The van der Waals surface area contributed by atoms with Crippen LogP contribution >= 0.6 is 23.2 Å². The predicted molar refractivity (Wildman–Crippen MR) is 95.9 cm³/mol. The highest BCUT2D eigenvalue weighted by Crippen LogP contribution is 2.33. The Morgan fingerprint density at radius 1 is 1.44 bits per heavy atom. The van der Waals surface area contributed by atoms with Crippen LogP contribution < -0.4 is 10.2 Å². The van der Waals surface area contributed by atoms with E-state index in [1.54, 1.807) is 37.3 Å². The summed E-state index contributed by atoms with van der Waals surface area (Å²) >= 11 is 12.1. The fraction of sp³-hybridized carbons (Fsp3) is 0.353. The average molecular weight is 385 g/mol. The molecule has 1 aromatic rings. The Morgan fingerprint density at radius 3 is 2.80 bits per heavy atom. The van der Waals surface area contributed by atoms with Gasteiger partial charge >= 0.3 is 5.97 Å². The van der Waals surface area contributed by atoms with Gasteiger partial charge in [0.25, 0.3) is 0 Å². The second-order valence-corrected chi connectivity index (χ2v) is 6.47. The van der Waals surface area contributed by atoms with Gasteiger partial charge in [-0.05, 0) is 38.0 Å². The molecule has 25 heavy (non-hydrogen) atoms. The summed E-state index contributed by atoms with van der Waals surface area (Å²) in [5.41, 5.74) is 0.443. The number of allylic oxidation sites excluding steroid dienone is 1. The number of nitrogens with one attached hydrogen (secondary N) is 1. The number of hydrogen-bond donors (Lipinski definition) is 2. The summed E-state index contributed by atoms with van der Waals surface area (Å²) in [5.74, 6) is -3.10. The van der Waals surface area contributed by atoms with Gasteiger partial charge in [0.2, 0.25) is 11.8 Å². The van der Waals surface area contributed by atoms with Gasteiger partial charge in [-0.1, -0.05) is 35.4 Å². The molecule has 2 N–H and O–H groups in total. The molecule has 1 heterocycles. The highest BCUT2D eigenvalue weighted by Gasteiger charge is 2.39. The van der Waals surface area contributed by atoms with Crippen LogP contribution in [0.3, 0.4) is 0 Å². The van der Waals surface area contributed by atoms with E-state index in [1.165, 1.54) is 4.90 Å². The van der Waals surface area contributed by atoms with Crippen molar-refractivity contribution in [3.8, 4) is 0 Å². The molecule has 0 saturated carbocycles. The number of amides is 2. The first-order valence-corrected chi connectivity index (χ1v) is 8.51. The summed E-state index contributed by atoms with van der Waals surface area (Å²) in [4.78, 5) is 37.6. The van der Waals surface area contributed by atoms with Crippen LogP contribution in [0.4, 0.5) is 5.69 Å². The van der Waals surface area contributed by atoms with E-state index in [2.05, 4.69) is 5.32 Å². The van der Waals surface area contributed by atoms with Crippen LogP contribution in [0.2, 0.25) is 10.0 Å². The topological polar surface area (TPSA) is 86.7 Å². The van der Waals surface area contributed by atoms with E-state index >= 15 is 0 Å². The first-order valence-electron chi connectivity index (χ1n) is 7.76. The highest BCUT2D eigenvalue weighted by atomic mass is 35.5. The van der Waals surface area contributed by atoms with E-state index in [0.29, 0.717) is 22.3 Å². The molecule has 1 fully saturated rings. The van der Waals surface area contributed by atoms with Crippen molar-refractivity contribution in [3.63, 3.8) is 0 Å². The van der Waals surface area contributed by atoms with Crippen molar-refractivity contribution in [3.05, 3.63) is 40.4 Å². The van der Waals surface area contributed by atoms with Gasteiger partial charge in [-0.3, -0.25) is 9.59 Å². The summed E-state index contributed by atoms with van der Waals surface area (Å²) in [7, 11) is 0. The monoisotopic (exact) mass is 384 g/mol. The molecule has 0 aliphatic carbocycles. The number of benzene rings is 1. The molecule has 0 aromatic heterocycles. The lowest BCUT2D eigenvalue weighted by molar-refractivity contribution is -0.143. The maximum Gasteiger partial charge on any atom is 0.326 e. The summed E-state index contributed by atoms with van der Waals surface area (Å²) < 4.78 is 0. The zero-order valence-corrected chi connectivity index (χ0v) is 15.0. The zero-order valence-electron chi connectivity index (χ0n) is 13.5. The smallest absolute Gasteiger partial charge is 0.326 e. The lowest BCUT2D eigenvalue weighted by Gasteiger charge is -2.19. The molecule has 1 aliphatic heterocycles. The standard InChI is InChI=1S/C17H18Cl2N2O4/c1-2-3-4-13(17(24)25)20-15(22)11-7-8-21(16(11)23)14-9-10(18)5-6-12(14)19/h2-3,5-6,9,11,13H,4,7-8H2,1H3,(H,20,22)(H,24,25)/b3-2+. The first-order chi connectivity index (χ1) is 11.8. The lowest BCUT2D eigenvalue weighted by atomic mass is 10.1. The quantitative estimate of drug-likeness (QED) is 0.583. The molecule has 2 rings (SSSR count). The number of carboxylic acids is 1. The molecular formula is C17H18Cl2N2O4. The van der Waals surface area contributed by atoms with Crippen molar-refractivity contribution >= 4 is 46.7 Å². The van der Waals surface area contributed by atoms with Crippen molar-refractivity contribution in [2.24, 2.45) is 5.92 Å². The number of nitrogens with zero attached hydrogens (tertiary/aromatic N) is 1. The molecule has 8 heteroatoms. The highest BCUT2D eigenvalue weighted by molar-refractivity contribution is 6.36. The third-order valence-corrected chi connectivity index (χ3v) is 4.50. The Kier molecular flexibility index (Phi) is 6.45. The third kappa shape index (κ3) is 4.52. The Bertz CT molecular complexity index is 721. The van der Waals surface area contributed by atoms with Gasteiger partial charge in [0.15, 0.2) is 0 Å². The molecule has 0 bridgehead atoms. The molecule has 134 valence electrons. The number of carbonyl (C=O) groups excluding carboxylic acids is 2. The number of carboxylic acid groups (broad SMARTS) is 1. The number of rotatable bonds is 6. The van der Waals surface area contributed by atoms with Crippen molar-refractivity contribution in [2.45, 2.75) is 25.8 Å². The maximum absolute atomic E-state index is 12.6. The number of aliphatic carboxylic acids is 1. The van der Waals surface area contributed by atoms with E-state index in [9.17, 15) is 19.5 Å². The summed E-state index contributed by atoms with van der Waals surface area (Å²) in [5, 5.41) is 12.4. The van der Waals surface area contributed by atoms with Crippen LogP contribution in [-0.4, -0.2) is 35.5 Å². The molecule has 2 unspecified atom stereocenters. The predicted octanol–water partition coefficient (Wildman–Crippen LogP) is 2.88. The second kappa shape index (κ2) is 8.36. The van der Waals surface area contributed by atoms with Gasteiger partial charge in [0, 0.05) is 11.6 Å². The second-order valence-electron chi connectivity index (χ2n) is 5.63. The van der Waals surface area contributed by atoms with E-state index in [-0.39, 0.29) is 12.8 Å². The van der Waals surface area contributed by atoms with Crippen LogP contribution in [0.1, 0.15) is 19.8 Å². The molecule has 1 aromatic carbocycles. The van der Waals surface area contributed by atoms with Crippen molar-refractivity contribution in [1.82, 2.24) is 5.32 Å². The maximum atomic E-state index is 12.6. The number of carbonyl (C=O) groups is 3. The van der Waals surface area contributed by atoms with Crippen LogP contribution in [0.15, 0.2) is 30.4 Å². The van der Waals surface area contributed by atoms with Gasteiger partial charge in [-0.25, -0.2) is 4.79 Å². The molecule has 2 atom stereocenters. The minimum atomic E-state index is -1.15. The van der Waals surface area contributed by atoms with Crippen LogP contribution in [0.25, 0.3) is 0 Å².